The molecule has 1 aliphatic rings. The number of carbonyl (C=O) groups excluding carboxylic acids is 2. The van der Waals surface area contributed by atoms with Crippen molar-refractivity contribution in [2.24, 2.45) is 0 Å². The van der Waals surface area contributed by atoms with Crippen molar-refractivity contribution in [3.8, 4) is 0 Å². The highest BCUT2D eigenvalue weighted by molar-refractivity contribution is 7.15. The molecule has 1 fully saturated rings. The summed E-state index contributed by atoms with van der Waals surface area (Å²) >= 11 is 1.15. The number of nitro benzene ring substituents is 1. The number of anilines is 2. The summed E-state index contributed by atoms with van der Waals surface area (Å²) in [7, 11) is 0. The molecule has 0 spiro atoms. The first-order chi connectivity index (χ1) is 14.9. The Balaban J connectivity index is 1.41. The van der Waals surface area contributed by atoms with E-state index in [1.165, 1.54) is 30.3 Å². The molecule has 31 heavy (non-hydrogen) atoms. The van der Waals surface area contributed by atoms with Gasteiger partial charge in [-0.05, 0) is 24.3 Å². The predicted octanol–water partition coefficient (Wildman–Crippen LogP) is 3.29. The lowest BCUT2D eigenvalue weighted by Crippen LogP contribution is -2.24. The molecule has 2 aromatic carbocycles. The molecule has 0 radical (unpaired) electrons. The molecule has 11 heteroatoms. The fraction of sp³-hybridized carbons (Fsp3) is 0.200. The number of nitrogens with one attached hydrogen (secondary N) is 1. The molecular weight excluding hydrogens is 425 g/mol. The van der Waals surface area contributed by atoms with Gasteiger partial charge in [0.05, 0.1) is 11.3 Å². The van der Waals surface area contributed by atoms with E-state index in [1.807, 2.05) is 0 Å². The van der Waals surface area contributed by atoms with E-state index in [9.17, 15) is 24.1 Å². The lowest BCUT2D eigenvalue weighted by molar-refractivity contribution is -0.385. The zero-order chi connectivity index (χ0) is 22.0. The number of nitro groups is 1. The van der Waals surface area contributed by atoms with Crippen LogP contribution < -0.4 is 10.2 Å². The SMILES string of the molecule is O=C(Cc1ccccc1[N+](=O)[O-])Nc1nnc(C2CC(=O)N(c3ccc(F)cc3)C2)s1. The highest BCUT2D eigenvalue weighted by atomic mass is 32.1. The molecule has 0 saturated carbocycles. The summed E-state index contributed by atoms with van der Waals surface area (Å²) in [6.07, 6.45) is 0.0580. The second-order valence-electron chi connectivity index (χ2n) is 6.94. The summed E-state index contributed by atoms with van der Waals surface area (Å²) in [5.41, 5.74) is 0.781. The highest BCUT2D eigenvalue weighted by Gasteiger charge is 2.34. The molecule has 4 rings (SSSR count). The Bertz CT molecular complexity index is 1150. The van der Waals surface area contributed by atoms with Gasteiger partial charge >= 0.3 is 0 Å². The van der Waals surface area contributed by atoms with Crippen LogP contribution in [-0.2, 0) is 16.0 Å². The third kappa shape index (κ3) is 4.56. The van der Waals surface area contributed by atoms with Gasteiger partial charge in [-0.25, -0.2) is 4.39 Å². The van der Waals surface area contributed by atoms with E-state index >= 15 is 0 Å². The second kappa shape index (κ2) is 8.56. The van der Waals surface area contributed by atoms with Crippen molar-refractivity contribution in [3.05, 3.63) is 75.0 Å². The maximum atomic E-state index is 13.1. The molecule has 2 amide bonds. The quantitative estimate of drug-likeness (QED) is 0.463. The topological polar surface area (TPSA) is 118 Å². The smallest absolute Gasteiger partial charge is 0.273 e. The molecule has 158 valence electrons. The minimum atomic E-state index is -0.532. The average molecular weight is 441 g/mol. The Morgan fingerprint density at radius 1 is 1.23 bits per heavy atom. The van der Waals surface area contributed by atoms with Crippen molar-refractivity contribution in [3.63, 3.8) is 0 Å². The van der Waals surface area contributed by atoms with E-state index in [0.717, 1.165) is 11.3 Å². The van der Waals surface area contributed by atoms with Crippen molar-refractivity contribution in [1.29, 1.82) is 0 Å². The largest absolute Gasteiger partial charge is 0.312 e. The maximum absolute atomic E-state index is 13.1. The molecule has 3 aromatic rings. The summed E-state index contributed by atoms with van der Waals surface area (Å²) in [5.74, 6) is -1.13. The minimum Gasteiger partial charge on any atom is -0.312 e. The monoisotopic (exact) mass is 441 g/mol. The van der Waals surface area contributed by atoms with Gasteiger partial charge in [-0.1, -0.05) is 29.5 Å². The number of para-hydroxylation sites is 1. The molecule has 2 heterocycles. The maximum Gasteiger partial charge on any atom is 0.273 e. The summed E-state index contributed by atoms with van der Waals surface area (Å²) in [6, 6.07) is 11.7. The molecule has 0 aliphatic carbocycles. The number of benzene rings is 2. The number of hydrogen-bond acceptors (Lipinski definition) is 7. The normalized spacial score (nSPS) is 15.8. The van der Waals surface area contributed by atoms with E-state index in [2.05, 4.69) is 15.5 Å². The van der Waals surface area contributed by atoms with Gasteiger partial charge in [-0.2, -0.15) is 0 Å². The van der Waals surface area contributed by atoms with Gasteiger partial charge in [-0.3, -0.25) is 19.7 Å². The Kier molecular flexibility index (Phi) is 5.67. The van der Waals surface area contributed by atoms with Crippen LogP contribution in [0.2, 0.25) is 0 Å². The molecular formula is C20H16FN5O4S. The van der Waals surface area contributed by atoms with Crippen molar-refractivity contribution in [2.45, 2.75) is 18.8 Å². The summed E-state index contributed by atoms with van der Waals surface area (Å²) in [5, 5.41) is 22.6. The van der Waals surface area contributed by atoms with Gasteiger partial charge in [0.15, 0.2) is 0 Å². The van der Waals surface area contributed by atoms with Gasteiger partial charge in [-0.15, -0.1) is 10.2 Å². The number of aromatic nitrogens is 2. The Morgan fingerprint density at radius 3 is 2.71 bits per heavy atom. The molecule has 9 nitrogen and oxygen atoms in total. The van der Waals surface area contributed by atoms with Gasteiger partial charge in [0.2, 0.25) is 16.9 Å². The van der Waals surface area contributed by atoms with E-state index in [-0.39, 0.29) is 41.3 Å². The molecule has 1 N–H and O–H groups in total. The van der Waals surface area contributed by atoms with Gasteiger partial charge in [0.1, 0.15) is 10.8 Å². The Hall–Kier alpha value is -3.73. The second-order valence-corrected chi connectivity index (χ2v) is 7.95. The van der Waals surface area contributed by atoms with Crippen molar-refractivity contribution < 1.29 is 18.9 Å². The van der Waals surface area contributed by atoms with Crippen molar-refractivity contribution in [1.82, 2.24) is 10.2 Å². The Labute approximate surface area is 179 Å². The first kappa shape index (κ1) is 20.5. The molecule has 1 unspecified atom stereocenters. The third-order valence-electron chi connectivity index (χ3n) is 4.84. The molecule has 1 aromatic heterocycles. The van der Waals surface area contributed by atoms with Crippen LogP contribution in [0, 0.1) is 15.9 Å². The number of rotatable bonds is 6. The summed E-state index contributed by atoms with van der Waals surface area (Å²) in [4.78, 5) is 36.8. The number of nitrogens with zero attached hydrogens (tertiary/aromatic N) is 4. The van der Waals surface area contributed by atoms with Gasteiger partial charge < -0.3 is 10.2 Å². The number of carbonyl (C=O) groups is 2. The molecule has 1 saturated heterocycles. The van der Waals surface area contributed by atoms with Crippen LogP contribution in [0.4, 0.5) is 20.9 Å². The first-order valence-electron chi connectivity index (χ1n) is 9.32. The van der Waals surface area contributed by atoms with Gasteiger partial charge in [0.25, 0.3) is 5.69 Å². The van der Waals surface area contributed by atoms with Crippen LogP contribution in [0.3, 0.4) is 0 Å². The van der Waals surface area contributed by atoms with Crippen LogP contribution in [0.15, 0.2) is 48.5 Å². The lowest BCUT2D eigenvalue weighted by atomic mass is 10.1. The number of amides is 2. The predicted molar refractivity (Wildman–Crippen MR) is 111 cm³/mol. The molecule has 1 aliphatic heterocycles. The van der Waals surface area contributed by atoms with Crippen LogP contribution >= 0.6 is 11.3 Å². The fourth-order valence-electron chi connectivity index (χ4n) is 3.37. The van der Waals surface area contributed by atoms with E-state index in [0.29, 0.717) is 22.8 Å². The average Bonchev–Trinajstić information content (AvgIpc) is 3.35. The zero-order valence-corrected chi connectivity index (χ0v) is 16.8. The number of halogens is 1. The van der Waals surface area contributed by atoms with E-state index in [1.54, 1.807) is 23.1 Å². The van der Waals surface area contributed by atoms with Crippen LogP contribution in [0.5, 0.6) is 0 Å². The minimum absolute atomic E-state index is 0.103. The Morgan fingerprint density at radius 2 is 1.97 bits per heavy atom. The zero-order valence-electron chi connectivity index (χ0n) is 16.0. The van der Waals surface area contributed by atoms with E-state index in [4.69, 9.17) is 0 Å². The van der Waals surface area contributed by atoms with Crippen molar-refractivity contribution >= 4 is 39.7 Å². The highest BCUT2D eigenvalue weighted by Crippen LogP contribution is 2.34. The summed E-state index contributed by atoms with van der Waals surface area (Å²) < 4.78 is 13.1. The molecule has 0 bridgehead atoms. The van der Waals surface area contributed by atoms with Crippen molar-refractivity contribution in [2.75, 3.05) is 16.8 Å². The molecule has 1 atom stereocenters. The van der Waals surface area contributed by atoms with Crippen LogP contribution in [0.1, 0.15) is 22.9 Å². The first-order valence-corrected chi connectivity index (χ1v) is 10.1. The fourth-order valence-corrected chi connectivity index (χ4v) is 4.22. The van der Waals surface area contributed by atoms with Crippen LogP contribution in [0.25, 0.3) is 0 Å². The lowest BCUT2D eigenvalue weighted by Gasteiger charge is -2.16. The number of hydrogen-bond donors (Lipinski definition) is 1. The van der Waals surface area contributed by atoms with E-state index < -0.39 is 10.8 Å². The van der Waals surface area contributed by atoms with Gasteiger partial charge in [0, 0.05) is 36.2 Å². The third-order valence-corrected chi connectivity index (χ3v) is 5.84. The van der Waals surface area contributed by atoms with Crippen LogP contribution in [-0.4, -0.2) is 33.5 Å². The summed E-state index contributed by atoms with van der Waals surface area (Å²) in [6.45, 7) is 0.378. The standard InChI is InChI=1S/C20H16FN5O4S/c21-14-5-7-15(8-6-14)25-11-13(10-18(25)28)19-23-24-20(31-19)22-17(27)9-12-3-1-2-4-16(12)26(29)30/h1-8,13H,9-11H2,(H,22,24,27).